The zero-order valence-corrected chi connectivity index (χ0v) is 16.5. The van der Waals surface area contributed by atoms with Crippen molar-refractivity contribution >= 4 is 36.6 Å². The summed E-state index contributed by atoms with van der Waals surface area (Å²) in [5, 5.41) is 3.45. The predicted molar refractivity (Wildman–Crippen MR) is 104 cm³/mol. The predicted octanol–water partition coefficient (Wildman–Crippen LogP) is 4.78. The van der Waals surface area contributed by atoms with Crippen LogP contribution in [0.25, 0.3) is 0 Å². The highest BCUT2D eigenvalue weighted by molar-refractivity contribution is 8.00. The molecule has 0 aliphatic carbocycles. The average Bonchev–Trinajstić information content (AvgIpc) is 2.41. The Balaban J connectivity index is 0.00000220. The molecule has 0 unspecified atom stereocenters. The second-order valence-electron chi connectivity index (χ2n) is 6.46. The van der Waals surface area contributed by atoms with Gasteiger partial charge in [-0.1, -0.05) is 45.9 Å². The number of nitrogens with one attached hydrogen (secondary N) is 1. The van der Waals surface area contributed by atoms with Crippen LogP contribution in [0.5, 0.6) is 0 Å². The largest absolute Gasteiger partial charge is 0.314 e. The molecule has 0 amide bonds. The number of benzene rings is 1. The lowest BCUT2D eigenvalue weighted by Crippen LogP contribution is -2.45. The van der Waals surface area contributed by atoms with Gasteiger partial charge in [-0.15, -0.1) is 36.6 Å². The third-order valence-electron chi connectivity index (χ3n) is 3.67. The molecular formula is C17H30Cl2N2S. The van der Waals surface area contributed by atoms with E-state index in [4.69, 9.17) is 0 Å². The Morgan fingerprint density at radius 2 is 1.73 bits per heavy atom. The third-order valence-corrected chi connectivity index (χ3v) is 4.88. The smallest absolute Gasteiger partial charge is 0.0357 e. The molecule has 1 aliphatic rings. The van der Waals surface area contributed by atoms with E-state index < -0.39 is 0 Å². The van der Waals surface area contributed by atoms with Crippen molar-refractivity contribution in [3.8, 4) is 0 Å². The van der Waals surface area contributed by atoms with Crippen LogP contribution >= 0.6 is 36.6 Å². The highest BCUT2D eigenvalue weighted by Crippen LogP contribution is 2.38. The normalized spacial score (nSPS) is 17.3. The van der Waals surface area contributed by atoms with E-state index in [2.05, 4.69) is 62.2 Å². The maximum Gasteiger partial charge on any atom is 0.0357 e. The summed E-state index contributed by atoms with van der Waals surface area (Å²) in [7, 11) is 0. The van der Waals surface area contributed by atoms with Crippen molar-refractivity contribution in [2.45, 2.75) is 49.8 Å². The first-order valence-electron chi connectivity index (χ1n) is 7.74. The quantitative estimate of drug-likeness (QED) is 0.774. The van der Waals surface area contributed by atoms with Crippen LogP contribution in [0.15, 0.2) is 29.2 Å². The van der Waals surface area contributed by atoms with Crippen LogP contribution in [0.2, 0.25) is 0 Å². The molecule has 0 radical (unpaired) electrons. The fraction of sp³-hybridized carbons (Fsp3) is 0.647. The summed E-state index contributed by atoms with van der Waals surface area (Å²) in [5.74, 6) is 0. The van der Waals surface area contributed by atoms with E-state index in [9.17, 15) is 0 Å². The SMILES string of the molecule is CC[C@@H](c1ccccc1SC(C)(C)C)N1CCNCC1.Cl.Cl. The highest BCUT2D eigenvalue weighted by atomic mass is 35.5. The fourth-order valence-corrected chi connectivity index (χ4v) is 3.98. The second kappa shape index (κ2) is 10.0. The summed E-state index contributed by atoms with van der Waals surface area (Å²) in [6.45, 7) is 13.7. The van der Waals surface area contributed by atoms with E-state index in [-0.39, 0.29) is 29.6 Å². The summed E-state index contributed by atoms with van der Waals surface area (Å²) in [4.78, 5) is 4.09. The minimum atomic E-state index is 0. The van der Waals surface area contributed by atoms with E-state index in [1.165, 1.54) is 16.9 Å². The van der Waals surface area contributed by atoms with Gasteiger partial charge in [-0.3, -0.25) is 4.90 Å². The Bertz CT molecular complexity index is 429. The number of rotatable bonds is 4. The van der Waals surface area contributed by atoms with Crippen molar-refractivity contribution in [1.82, 2.24) is 10.2 Å². The van der Waals surface area contributed by atoms with E-state index in [0.717, 1.165) is 26.2 Å². The monoisotopic (exact) mass is 364 g/mol. The van der Waals surface area contributed by atoms with E-state index in [1.54, 1.807) is 0 Å². The molecule has 1 aromatic rings. The summed E-state index contributed by atoms with van der Waals surface area (Å²) in [6.07, 6.45) is 1.18. The summed E-state index contributed by atoms with van der Waals surface area (Å²) in [5.41, 5.74) is 1.51. The molecule has 1 aromatic carbocycles. The van der Waals surface area contributed by atoms with Crippen molar-refractivity contribution in [1.29, 1.82) is 0 Å². The third kappa shape index (κ3) is 6.29. The zero-order chi connectivity index (χ0) is 14.6. The zero-order valence-electron chi connectivity index (χ0n) is 14.1. The van der Waals surface area contributed by atoms with Crippen LogP contribution in [-0.4, -0.2) is 35.8 Å². The number of piperazine rings is 1. The van der Waals surface area contributed by atoms with Crippen molar-refractivity contribution in [2.75, 3.05) is 26.2 Å². The van der Waals surface area contributed by atoms with Crippen molar-refractivity contribution in [3.63, 3.8) is 0 Å². The topological polar surface area (TPSA) is 15.3 Å². The van der Waals surface area contributed by atoms with E-state index in [1.807, 2.05) is 11.8 Å². The number of hydrogen-bond donors (Lipinski definition) is 1. The average molecular weight is 365 g/mol. The maximum absolute atomic E-state index is 3.45. The van der Waals surface area contributed by atoms with E-state index >= 15 is 0 Å². The Morgan fingerprint density at radius 3 is 2.27 bits per heavy atom. The van der Waals surface area contributed by atoms with Gasteiger partial charge in [0.1, 0.15) is 0 Å². The van der Waals surface area contributed by atoms with Crippen molar-refractivity contribution in [3.05, 3.63) is 29.8 Å². The standard InChI is InChI=1S/C17H28N2S.2ClH/c1-5-15(19-12-10-18-11-13-19)14-8-6-7-9-16(14)20-17(2,3)4;;/h6-9,15,18H,5,10-13H2,1-4H3;2*1H/t15-;;/m0../s1. The van der Waals surface area contributed by atoms with Gasteiger partial charge in [0.25, 0.3) is 0 Å². The van der Waals surface area contributed by atoms with Crippen LogP contribution in [0.4, 0.5) is 0 Å². The molecule has 1 aliphatic heterocycles. The van der Waals surface area contributed by atoms with Gasteiger partial charge in [-0.25, -0.2) is 0 Å². The molecule has 0 bridgehead atoms. The molecule has 5 heteroatoms. The van der Waals surface area contributed by atoms with Gasteiger partial charge in [-0.2, -0.15) is 0 Å². The Labute approximate surface area is 152 Å². The molecule has 1 fully saturated rings. The Morgan fingerprint density at radius 1 is 1.14 bits per heavy atom. The van der Waals surface area contributed by atoms with Crippen LogP contribution in [0.1, 0.15) is 45.7 Å². The molecule has 0 aromatic heterocycles. The maximum atomic E-state index is 3.45. The number of thioether (sulfide) groups is 1. The lowest BCUT2D eigenvalue weighted by molar-refractivity contribution is 0.167. The van der Waals surface area contributed by atoms with Crippen LogP contribution in [0, 0.1) is 0 Å². The summed E-state index contributed by atoms with van der Waals surface area (Å²) in [6, 6.07) is 9.53. The van der Waals surface area contributed by atoms with Gasteiger partial charge in [0.2, 0.25) is 0 Å². The molecule has 2 rings (SSSR count). The van der Waals surface area contributed by atoms with Gasteiger partial charge >= 0.3 is 0 Å². The van der Waals surface area contributed by atoms with Gasteiger partial charge in [0, 0.05) is 41.9 Å². The molecule has 22 heavy (non-hydrogen) atoms. The van der Waals surface area contributed by atoms with Crippen LogP contribution < -0.4 is 5.32 Å². The molecule has 1 heterocycles. The molecular weight excluding hydrogens is 335 g/mol. The fourth-order valence-electron chi connectivity index (χ4n) is 2.85. The van der Waals surface area contributed by atoms with Crippen LogP contribution in [0.3, 0.4) is 0 Å². The number of nitrogens with zero attached hydrogens (tertiary/aromatic N) is 1. The minimum Gasteiger partial charge on any atom is -0.314 e. The molecule has 1 atom stereocenters. The molecule has 128 valence electrons. The summed E-state index contributed by atoms with van der Waals surface area (Å²) >= 11 is 1.99. The lowest BCUT2D eigenvalue weighted by Gasteiger charge is -2.36. The van der Waals surface area contributed by atoms with Crippen molar-refractivity contribution in [2.24, 2.45) is 0 Å². The second-order valence-corrected chi connectivity index (χ2v) is 8.33. The Hall–Kier alpha value is 0.0700. The highest BCUT2D eigenvalue weighted by Gasteiger charge is 2.24. The molecule has 0 spiro atoms. The lowest BCUT2D eigenvalue weighted by atomic mass is 10.0. The minimum absolute atomic E-state index is 0. The van der Waals surface area contributed by atoms with Gasteiger partial charge in [0.05, 0.1) is 0 Å². The molecule has 2 nitrogen and oxygen atoms in total. The molecule has 1 saturated heterocycles. The first-order valence-corrected chi connectivity index (χ1v) is 8.55. The number of halogens is 2. The number of hydrogen-bond acceptors (Lipinski definition) is 3. The summed E-state index contributed by atoms with van der Waals surface area (Å²) < 4.78 is 0.262. The van der Waals surface area contributed by atoms with Crippen molar-refractivity contribution < 1.29 is 0 Å². The molecule has 0 saturated carbocycles. The van der Waals surface area contributed by atoms with Gasteiger partial charge in [0.15, 0.2) is 0 Å². The Kier molecular flexibility index (Phi) is 10.1. The van der Waals surface area contributed by atoms with Gasteiger partial charge < -0.3 is 5.32 Å². The van der Waals surface area contributed by atoms with Gasteiger partial charge in [-0.05, 0) is 18.1 Å². The molecule has 1 N–H and O–H groups in total. The van der Waals surface area contributed by atoms with E-state index in [0.29, 0.717) is 6.04 Å². The first-order chi connectivity index (χ1) is 9.51. The first kappa shape index (κ1) is 22.1. The van der Waals surface area contributed by atoms with Crippen LogP contribution in [-0.2, 0) is 0 Å².